The van der Waals surface area contributed by atoms with Gasteiger partial charge in [-0.1, -0.05) is 24.8 Å². The first kappa shape index (κ1) is 22.9. The van der Waals surface area contributed by atoms with Gasteiger partial charge in [-0.15, -0.1) is 29.3 Å². The molecule has 1 unspecified atom stereocenters. The third-order valence-electron chi connectivity index (χ3n) is 5.47. The lowest BCUT2D eigenvalue weighted by Crippen LogP contribution is -2.24. The SMILES string of the molecule is C=CCn1c(SCC(=O)c2ccc(CNC(C)=O)s2)nc2sc3c(c2c1=O)CCC(C)C3. The minimum atomic E-state index is -0.104. The Bertz CT molecular complexity index is 1250. The predicted octanol–water partition coefficient (Wildman–Crippen LogP) is 4.44. The van der Waals surface area contributed by atoms with E-state index in [1.165, 1.54) is 34.9 Å². The smallest absolute Gasteiger partial charge is 0.263 e. The molecule has 0 saturated heterocycles. The van der Waals surface area contributed by atoms with E-state index in [4.69, 9.17) is 4.98 Å². The zero-order valence-electron chi connectivity index (χ0n) is 18.1. The van der Waals surface area contributed by atoms with Crippen molar-refractivity contribution >= 4 is 56.3 Å². The van der Waals surface area contributed by atoms with E-state index in [1.54, 1.807) is 28.0 Å². The monoisotopic (exact) mass is 487 g/mol. The number of allylic oxidation sites excluding steroid dienone is 1. The molecule has 32 heavy (non-hydrogen) atoms. The second kappa shape index (κ2) is 9.72. The second-order valence-electron chi connectivity index (χ2n) is 8.02. The van der Waals surface area contributed by atoms with Gasteiger partial charge in [0.1, 0.15) is 4.83 Å². The minimum Gasteiger partial charge on any atom is -0.351 e. The first-order valence-corrected chi connectivity index (χ1v) is 13.1. The van der Waals surface area contributed by atoms with Crippen LogP contribution in [-0.2, 0) is 30.7 Å². The molecule has 0 aromatic carbocycles. The Labute approximate surface area is 198 Å². The molecule has 0 aliphatic heterocycles. The number of hydrogen-bond donors (Lipinski definition) is 1. The molecule has 3 aromatic rings. The summed E-state index contributed by atoms with van der Waals surface area (Å²) in [5.74, 6) is 0.692. The van der Waals surface area contributed by atoms with Crippen LogP contribution in [0, 0.1) is 5.92 Å². The van der Waals surface area contributed by atoms with Gasteiger partial charge in [0.2, 0.25) is 5.91 Å². The molecule has 9 heteroatoms. The number of carbonyl (C=O) groups is 2. The summed E-state index contributed by atoms with van der Waals surface area (Å²) in [5, 5.41) is 4.04. The van der Waals surface area contributed by atoms with Gasteiger partial charge in [0.25, 0.3) is 5.56 Å². The van der Waals surface area contributed by atoms with Gasteiger partial charge in [0, 0.05) is 23.2 Å². The van der Waals surface area contributed by atoms with E-state index in [1.807, 2.05) is 6.07 Å². The van der Waals surface area contributed by atoms with Crippen LogP contribution in [-0.4, -0.2) is 27.0 Å². The molecule has 6 nitrogen and oxygen atoms in total. The van der Waals surface area contributed by atoms with E-state index >= 15 is 0 Å². The Morgan fingerprint density at radius 2 is 2.19 bits per heavy atom. The molecule has 0 bridgehead atoms. The fourth-order valence-electron chi connectivity index (χ4n) is 3.84. The number of thioether (sulfide) groups is 1. The number of rotatable bonds is 8. The molecule has 0 spiro atoms. The fraction of sp³-hybridized carbons (Fsp3) is 0.391. The number of Topliss-reactive ketones (excluding diaryl/α,β-unsaturated/α-hetero) is 1. The van der Waals surface area contributed by atoms with E-state index in [2.05, 4.69) is 18.8 Å². The van der Waals surface area contributed by atoms with Crippen LogP contribution >= 0.6 is 34.4 Å². The summed E-state index contributed by atoms with van der Waals surface area (Å²) in [7, 11) is 0. The van der Waals surface area contributed by atoms with E-state index in [9.17, 15) is 14.4 Å². The van der Waals surface area contributed by atoms with Crippen LogP contribution in [0.4, 0.5) is 0 Å². The molecule has 1 amide bonds. The minimum absolute atomic E-state index is 0.0205. The highest BCUT2D eigenvalue weighted by Crippen LogP contribution is 2.36. The Balaban J connectivity index is 1.58. The quantitative estimate of drug-likeness (QED) is 0.220. The average Bonchev–Trinajstić information content (AvgIpc) is 3.37. The number of thiophene rings is 2. The van der Waals surface area contributed by atoms with Gasteiger partial charge in [0.15, 0.2) is 10.9 Å². The Morgan fingerprint density at radius 1 is 1.38 bits per heavy atom. The fourth-order valence-corrected chi connectivity index (χ4v) is 7.13. The van der Waals surface area contributed by atoms with Gasteiger partial charge in [-0.3, -0.25) is 19.0 Å². The number of aryl methyl sites for hydroxylation is 1. The summed E-state index contributed by atoms with van der Waals surface area (Å²) < 4.78 is 1.63. The molecule has 168 valence electrons. The van der Waals surface area contributed by atoms with E-state index in [0.717, 1.165) is 39.9 Å². The molecule has 1 aliphatic carbocycles. The van der Waals surface area contributed by atoms with Crippen molar-refractivity contribution in [3.8, 4) is 0 Å². The number of hydrogen-bond acceptors (Lipinski definition) is 7. The summed E-state index contributed by atoms with van der Waals surface area (Å²) in [6.45, 7) is 8.28. The Kier molecular flexibility index (Phi) is 6.97. The average molecular weight is 488 g/mol. The third-order valence-corrected chi connectivity index (χ3v) is 8.72. The second-order valence-corrected chi connectivity index (χ2v) is 11.2. The molecule has 4 rings (SSSR count). The summed E-state index contributed by atoms with van der Waals surface area (Å²) in [4.78, 5) is 45.6. The molecule has 1 aliphatic rings. The number of amides is 1. The summed E-state index contributed by atoms with van der Waals surface area (Å²) in [6, 6.07) is 3.64. The summed E-state index contributed by atoms with van der Waals surface area (Å²) in [6.07, 6.45) is 4.70. The zero-order valence-corrected chi connectivity index (χ0v) is 20.6. The van der Waals surface area contributed by atoms with Crippen molar-refractivity contribution in [2.45, 2.75) is 51.4 Å². The van der Waals surface area contributed by atoms with Crippen LogP contribution in [0.5, 0.6) is 0 Å². The first-order valence-electron chi connectivity index (χ1n) is 10.5. The van der Waals surface area contributed by atoms with E-state index < -0.39 is 0 Å². The topological polar surface area (TPSA) is 81.1 Å². The van der Waals surface area contributed by atoms with Crippen LogP contribution in [0.25, 0.3) is 10.2 Å². The van der Waals surface area contributed by atoms with Crippen LogP contribution in [0.2, 0.25) is 0 Å². The number of carbonyl (C=O) groups excluding carboxylic acids is 2. The maximum atomic E-state index is 13.3. The lowest BCUT2D eigenvalue weighted by molar-refractivity contribution is -0.119. The van der Waals surface area contributed by atoms with Crippen molar-refractivity contribution in [1.29, 1.82) is 0 Å². The maximum Gasteiger partial charge on any atom is 0.263 e. The van der Waals surface area contributed by atoms with Crippen molar-refractivity contribution in [1.82, 2.24) is 14.9 Å². The standard InChI is InChI=1S/C23H25N3O3S3/c1-4-9-26-22(29)20-16-7-5-13(2)10-19(16)32-21(20)25-23(26)30-12-17(28)18-8-6-15(31-18)11-24-14(3)27/h4,6,8,13H,1,5,7,9-12H2,2-3H3,(H,24,27). The molecule has 0 fully saturated rings. The van der Waals surface area contributed by atoms with Crippen molar-refractivity contribution in [3.63, 3.8) is 0 Å². The molecule has 3 heterocycles. The number of fused-ring (bicyclic) bond motifs is 3. The van der Waals surface area contributed by atoms with Crippen molar-refractivity contribution in [2.24, 2.45) is 5.92 Å². The van der Waals surface area contributed by atoms with E-state index in [0.29, 0.717) is 29.0 Å². The first-order chi connectivity index (χ1) is 15.4. The molecule has 0 radical (unpaired) electrons. The molecule has 1 N–H and O–H groups in total. The zero-order chi connectivity index (χ0) is 22.8. The largest absolute Gasteiger partial charge is 0.351 e. The normalized spacial score (nSPS) is 15.5. The Hall–Kier alpha value is -2.23. The van der Waals surface area contributed by atoms with Crippen LogP contribution in [0.1, 0.15) is 45.3 Å². The number of nitrogens with one attached hydrogen (secondary N) is 1. The van der Waals surface area contributed by atoms with Gasteiger partial charge in [-0.05, 0) is 42.9 Å². The molecular formula is C23H25N3O3S3. The van der Waals surface area contributed by atoms with Gasteiger partial charge < -0.3 is 5.32 Å². The van der Waals surface area contributed by atoms with Crippen LogP contribution in [0.15, 0.2) is 34.7 Å². The van der Waals surface area contributed by atoms with Crippen molar-refractivity contribution in [2.75, 3.05) is 5.75 Å². The lowest BCUT2D eigenvalue weighted by Gasteiger charge is -2.17. The highest BCUT2D eigenvalue weighted by molar-refractivity contribution is 7.99. The lowest BCUT2D eigenvalue weighted by atomic mass is 9.89. The van der Waals surface area contributed by atoms with Gasteiger partial charge in [-0.2, -0.15) is 0 Å². The van der Waals surface area contributed by atoms with Gasteiger partial charge in [-0.25, -0.2) is 4.98 Å². The highest BCUT2D eigenvalue weighted by Gasteiger charge is 2.25. The van der Waals surface area contributed by atoms with Crippen LogP contribution in [0.3, 0.4) is 0 Å². The third kappa shape index (κ3) is 4.74. The number of nitrogens with zero attached hydrogens (tertiary/aromatic N) is 2. The number of ketones is 1. The maximum absolute atomic E-state index is 13.3. The number of aromatic nitrogens is 2. The Morgan fingerprint density at radius 3 is 2.94 bits per heavy atom. The van der Waals surface area contributed by atoms with Gasteiger partial charge in [0.05, 0.1) is 22.6 Å². The molecular weight excluding hydrogens is 462 g/mol. The van der Waals surface area contributed by atoms with Crippen LogP contribution < -0.4 is 10.9 Å². The molecule has 3 aromatic heterocycles. The van der Waals surface area contributed by atoms with Crippen molar-refractivity contribution < 1.29 is 9.59 Å². The van der Waals surface area contributed by atoms with Crippen molar-refractivity contribution in [3.05, 3.63) is 55.3 Å². The predicted molar refractivity (Wildman–Crippen MR) is 132 cm³/mol. The van der Waals surface area contributed by atoms with E-state index in [-0.39, 0.29) is 23.0 Å². The van der Waals surface area contributed by atoms with Gasteiger partial charge >= 0.3 is 0 Å². The highest BCUT2D eigenvalue weighted by atomic mass is 32.2. The summed E-state index contributed by atoms with van der Waals surface area (Å²) in [5.41, 5.74) is 1.13. The molecule has 0 saturated carbocycles. The molecule has 1 atom stereocenters. The summed E-state index contributed by atoms with van der Waals surface area (Å²) >= 11 is 4.29.